The van der Waals surface area contributed by atoms with E-state index in [-0.39, 0.29) is 5.41 Å². The molecule has 36 heavy (non-hydrogen) atoms. The van der Waals surface area contributed by atoms with Crippen molar-refractivity contribution in [3.8, 4) is 5.75 Å². The van der Waals surface area contributed by atoms with Crippen molar-refractivity contribution in [2.24, 2.45) is 0 Å². The van der Waals surface area contributed by atoms with Crippen LogP contribution >= 0.6 is 11.6 Å². The minimum atomic E-state index is 0.0688. The molecule has 1 aliphatic rings. The summed E-state index contributed by atoms with van der Waals surface area (Å²) in [7, 11) is 2.14. The van der Waals surface area contributed by atoms with Gasteiger partial charge in [0.25, 0.3) is 0 Å². The molecule has 0 radical (unpaired) electrons. The molecule has 0 saturated carbocycles. The minimum Gasteiger partial charge on any atom is -0.487 e. The SMILES string of the molecule is CCN(CC/C=C1/c2cc(C(C)(C)C)ccc2OCc2ncccc21)CCN(C)c1ccc(Cl)cc1. The van der Waals surface area contributed by atoms with Gasteiger partial charge in [-0.2, -0.15) is 0 Å². The molecule has 0 saturated heterocycles. The highest BCUT2D eigenvalue weighted by Gasteiger charge is 2.23. The van der Waals surface area contributed by atoms with Crippen LogP contribution in [0.25, 0.3) is 5.57 Å². The number of rotatable bonds is 8. The van der Waals surface area contributed by atoms with Crippen LogP contribution in [-0.4, -0.2) is 43.1 Å². The number of halogens is 1. The van der Waals surface area contributed by atoms with Gasteiger partial charge in [0.1, 0.15) is 12.4 Å². The van der Waals surface area contributed by atoms with E-state index in [1.807, 2.05) is 24.4 Å². The van der Waals surface area contributed by atoms with Crippen LogP contribution in [0.15, 0.2) is 66.9 Å². The smallest absolute Gasteiger partial charge is 0.131 e. The number of ether oxygens (including phenoxy) is 1. The largest absolute Gasteiger partial charge is 0.487 e. The zero-order chi connectivity index (χ0) is 25.7. The third-order valence-electron chi connectivity index (χ3n) is 6.94. The lowest BCUT2D eigenvalue weighted by Gasteiger charge is -2.25. The number of pyridine rings is 1. The molecule has 190 valence electrons. The monoisotopic (exact) mass is 503 g/mol. The van der Waals surface area contributed by atoms with Gasteiger partial charge in [-0.25, -0.2) is 0 Å². The molecule has 2 aromatic carbocycles. The van der Waals surface area contributed by atoms with Crippen molar-refractivity contribution >= 4 is 22.9 Å². The highest BCUT2D eigenvalue weighted by Crippen LogP contribution is 2.39. The van der Waals surface area contributed by atoms with Crippen LogP contribution in [0.4, 0.5) is 5.69 Å². The molecule has 3 aromatic rings. The van der Waals surface area contributed by atoms with E-state index in [9.17, 15) is 0 Å². The Balaban J connectivity index is 1.52. The van der Waals surface area contributed by atoms with Crippen molar-refractivity contribution < 1.29 is 4.74 Å². The molecule has 0 aliphatic carbocycles. The Hall–Kier alpha value is -2.82. The van der Waals surface area contributed by atoms with Gasteiger partial charge in [-0.05, 0) is 72.0 Å². The van der Waals surface area contributed by atoms with Crippen molar-refractivity contribution in [1.29, 1.82) is 0 Å². The van der Waals surface area contributed by atoms with Crippen LogP contribution in [0.5, 0.6) is 5.75 Å². The highest BCUT2D eigenvalue weighted by molar-refractivity contribution is 6.30. The number of hydrogen-bond acceptors (Lipinski definition) is 4. The summed E-state index contributed by atoms with van der Waals surface area (Å²) in [5.41, 5.74) is 7.13. The molecule has 0 spiro atoms. The van der Waals surface area contributed by atoms with Crippen LogP contribution in [-0.2, 0) is 12.0 Å². The zero-order valence-electron chi connectivity index (χ0n) is 22.2. The molecular formula is C31H38ClN3O. The second-order valence-corrected chi connectivity index (χ2v) is 10.9. The number of anilines is 1. The van der Waals surface area contributed by atoms with Crippen LogP contribution in [0.2, 0.25) is 5.02 Å². The summed E-state index contributed by atoms with van der Waals surface area (Å²) in [6.45, 7) is 13.5. The molecule has 1 aromatic heterocycles. The van der Waals surface area contributed by atoms with Crippen LogP contribution in [0.1, 0.15) is 56.5 Å². The fourth-order valence-corrected chi connectivity index (χ4v) is 4.70. The predicted molar refractivity (Wildman–Crippen MR) is 152 cm³/mol. The van der Waals surface area contributed by atoms with E-state index in [0.717, 1.165) is 49.1 Å². The van der Waals surface area contributed by atoms with E-state index >= 15 is 0 Å². The molecule has 0 bridgehead atoms. The van der Waals surface area contributed by atoms with Gasteiger partial charge in [-0.15, -0.1) is 0 Å². The van der Waals surface area contributed by atoms with E-state index in [0.29, 0.717) is 6.61 Å². The minimum absolute atomic E-state index is 0.0688. The number of fused-ring (bicyclic) bond motifs is 2. The molecule has 0 fully saturated rings. The molecule has 4 nitrogen and oxygen atoms in total. The summed E-state index contributed by atoms with van der Waals surface area (Å²) < 4.78 is 6.21. The standard InChI is InChI=1S/C31H38ClN3O/c1-6-35(20-19-34(5)25-14-12-24(32)13-15-25)18-8-10-26-27-9-7-17-33-29(27)22-36-30-16-11-23(21-28(26)30)31(2,3)4/h7,9-17,21H,6,8,18-20,22H2,1-5H3/b26-10+. The topological polar surface area (TPSA) is 28.6 Å². The Morgan fingerprint density at radius 3 is 2.50 bits per heavy atom. The number of aromatic nitrogens is 1. The van der Waals surface area contributed by atoms with Gasteiger partial charge >= 0.3 is 0 Å². The van der Waals surface area contributed by atoms with Crippen molar-refractivity contribution in [3.05, 3.63) is 94.3 Å². The predicted octanol–water partition coefficient (Wildman–Crippen LogP) is 7.21. The molecular weight excluding hydrogens is 466 g/mol. The summed E-state index contributed by atoms with van der Waals surface area (Å²) in [6, 6.07) is 18.9. The molecule has 4 rings (SSSR count). The fraction of sp³-hybridized carbons (Fsp3) is 0.387. The summed E-state index contributed by atoms with van der Waals surface area (Å²) in [4.78, 5) is 9.43. The summed E-state index contributed by atoms with van der Waals surface area (Å²) in [5, 5.41) is 0.771. The van der Waals surface area contributed by atoms with Gasteiger partial charge in [0, 0.05) is 54.7 Å². The average Bonchev–Trinajstić information content (AvgIpc) is 3.02. The van der Waals surface area contributed by atoms with Crippen molar-refractivity contribution in [3.63, 3.8) is 0 Å². The summed E-state index contributed by atoms with van der Waals surface area (Å²) in [5.74, 6) is 0.934. The second kappa shape index (κ2) is 11.5. The average molecular weight is 504 g/mol. The zero-order valence-corrected chi connectivity index (χ0v) is 23.0. The first-order valence-corrected chi connectivity index (χ1v) is 13.2. The Morgan fingerprint density at radius 1 is 1.00 bits per heavy atom. The van der Waals surface area contributed by atoms with Crippen molar-refractivity contribution in [2.75, 3.05) is 38.1 Å². The summed E-state index contributed by atoms with van der Waals surface area (Å²) in [6.07, 6.45) is 5.19. The highest BCUT2D eigenvalue weighted by atomic mass is 35.5. The van der Waals surface area contributed by atoms with Gasteiger partial charge in [0.05, 0.1) is 5.69 Å². The molecule has 0 amide bonds. The van der Waals surface area contributed by atoms with Crippen LogP contribution in [0.3, 0.4) is 0 Å². The Morgan fingerprint density at radius 2 is 1.78 bits per heavy atom. The number of nitrogens with zero attached hydrogens (tertiary/aromatic N) is 3. The van der Waals surface area contributed by atoms with Crippen molar-refractivity contribution in [1.82, 2.24) is 9.88 Å². The number of hydrogen-bond donors (Lipinski definition) is 0. The number of benzene rings is 2. The molecule has 0 N–H and O–H groups in total. The molecule has 1 aliphatic heterocycles. The van der Waals surface area contributed by atoms with Crippen LogP contribution in [0, 0.1) is 0 Å². The van der Waals surface area contributed by atoms with Gasteiger partial charge in [0.15, 0.2) is 0 Å². The molecule has 2 heterocycles. The van der Waals surface area contributed by atoms with E-state index in [1.54, 1.807) is 0 Å². The first-order valence-electron chi connectivity index (χ1n) is 12.9. The van der Waals surface area contributed by atoms with E-state index in [1.165, 1.54) is 28.0 Å². The quantitative estimate of drug-likeness (QED) is 0.325. The maximum absolute atomic E-state index is 6.21. The maximum Gasteiger partial charge on any atom is 0.131 e. The lowest BCUT2D eigenvalue weighted by molar-refractivity contribution is 0.300. The first-order chi connectivity index (χ1) is 17.3. The Bertz CT molecular complexity index is 1200. The van der Waals surface area contributed by atoms with Gasteiger partial charge in [0.2, 0.25) is 0 Å². The second-order valence-electron chi connectivity index (χ2n) is 10.5. The number of likely N-dealkylation sites (N-methyl/N-ethyl adjacent to an activating group) is 2. The van der Waals surface area contributed by atoms with E-state index < -0.39 is 0 Å². The normalized spacial score (nSPS) is 14.2. The third-order valence-corrected chi connectivity index (χ3v) is 7.19. The van der Waals surface area contributed by atoms with Crippen molar-refractivity contribution in [2.45, 2.75) is 46.1 Å². The molecule has 5 heteroatoms. The van der Waals surface area contributed by atoms with E-state index in [4.69, 9.17) is 16.3 Å². The molecule has 0 atom stereocenters. The first kappa shape index (κ1) is 26.2. The molecule has 0 unspecified atom stereocenters. The third kappa shape index (κ3) is 6.29. The van der Waals surface area contributed by atoms with Crippen LogP contribution < -0.4 is 9.64 Å². The maximum atomic E-state index is 6.21. The van der Waals surface area contributed by atoms with Gasteiger partial charge < -0.3 is 14.5 Å². The Kier molecular flexibility index (Phi) is 8.38. The lowest BCUT2D eigenvalue weighted by atomic mass is 9.84. The fourth-order valence-electron chi connectivity index (χ4n) is 4.58. The Labute approximate surface area is 221 Å². The lowest BCUT2D eigenvalue weighted by Crippen LogP contribution is -2.33. The van der Waals surface area contributed by atoms with Gasteiger partial charge in [-0.1, -0.05) is 57.5 Å². The van der Waals surface area contributed by atoms with E-state index in [2.05, 4.69) is 92.0 Å². The summed E-state index contributed by atoms with van der Waals surface area (Å²) >= 11 is 6.05. The van der Waals surface area contributed by atoms with Gasteiger partial charge in [-0.3, -0.25) is 4.98 Å².